The van der Waals surface area contributed by atoms with Crippen molar-refractivity contribution in [3.05, 3.63) is 107 Å². The molecular formula is C33H35N3O2. The van der Waals surface area contributed by atoms with Gasteiger partial charge in [0.15, 0.2) is 6.04 Å². The van der Waals surface area contributed by atoms with Gasteiger partial charge in [0.2, 0.25) is 5.91 Å². The second-order valence-electron chi connectivity index (χ2n) is 10.7. The maximum Gasteiger partial charge on any atom is 0.271 e. The van der Waals surface area contributed by atoms with Crippen LogP contribution in [0.15, 0.2) is 84.9 Å². The molecule has 1 heterocycles. The molecule has 194 valence electrons. The monoisotopic (exact) mass is 505 g/mol. The minimum absolute atomic E-state index is 0.0655. The molecule has 4 aromatic carbocycles. The molecule has 0 saturated carbocycles. The summed E-state index contributed by atoms with van der Waals surface area (Å²) in [6.07, 6.45) is 0.549. The molecule has 0 bridgehead atoms. The van der Waals surface area contributed by atoms with Gasteiger partial charge in [-0.25, -0.2) is 5.01 Å². The maximum absolute atomic E-state index is 14.1. The van der Waals surface area contributed by atoms with Gasteiger partial charge >= 0.3 is 0 Å². The quantitative estimate of drug-likeness (QED) is 0.291. The predicted octanol–water partition coefficient (Wildman–Crippen LogP) is 7.12. The number of benzene rings is 4. The van der Waals surface area contributed by atoms with Crippen LogP contribution in [0.25, 0.3) is 10.8 Å². The summed E-state index contributed by atoms with van der Waals surface area (Å²) in [6, 6.07) is 27.2. The van der Waals surface area contributed by atoms with Gasteiger partial charge in [-0.2, -0.15) is 0 Å². The fraction of sp³-hybridized carbons (Fsp3) is 0.273. The zero-order chi connectivity index (χ0) is 27.0. The lowest BCUT2D eigenvalue weighted by Crippen LogP contribution is -2.69. The number of amides is 2. The van der Waals surface area contributed by atoms with Crippen molar-refractivity contribution in [1.82, 2.24) is 5.01 Å². The van der Waals surface area contributed by atoms with Crippen molar-refractivity contribution in [3.8, 4) is 0 Å². The summed E-state index contributed by atoms with van der Waals surface area (Å²) in [5.41, 5.74) is 5.79. The Bertz CT molecular complexity index is 1470. The molecule has 0 spiro atoms. The average Bonchev–Trinajstić information content (AvgIpc) is 2.89. The number of para-hydroxylation sites is 1. The van der Waals surface area contributed by atoms with E-state index in [1.54, 1.807) is 5.01 Å². The topological polar surface area (TPSA) is 52.7 Å². The van der Waals surface area contributed by atoms with Crippen molar-refractivity contribution in [2.24, 2.45) is 5.92 Å². The highest BCUT2D eigenvalue weighted by Gasteiger charge is 2.52. The predicted molar refractivity (Wildman–Crippen MR) is 155 cm³/mol. The first-order valence-corrected chi connectivity index (χ1v) is 13.3. The first-order chi connectivity index (χ1) is 18.3. The Hall–Kier alpha value is -4.12. The van der Waals surface area contributed by atoms with Gasteiger partial charge in [-0.3, -0.25) is 14.6 Å². The number of hydrazine groups is 1. The highest BCUT2D eigenvalue weighted by Crippen LogP contribution is 2.43. The standard InChI is InChI=1S/C33H35N3O2/c1-21(2)20-29(32(37)34-30-23(4)10-8-11-24(30)5)36-33(38)31(35(36)26-18-16-22(3)17-19-26)28-15-9-13-25-12-6-7-14-27(25)28/h6-19,21,29,31H,20H2,1-5H3,(H,34,37). The first-order valence-electron chi connectivity index (χ1n) is 13.3. The zero-order valence-corrected chi connectivity index (χ0v) is 22.7. The molecule has 38 heavy (non-hydrogen) atoms. The molecule has 5 heteroatoms. The molecule has 5 rings (SSSR count). The van der Waals surface area contributed by atoms with Crippen LogP contribution in [0.5, 0.6) is 0 Å². The molecule has 0 radical (unpaired) electrons. The van der Waals surface area contributed by atoms with Crippen molar-refractivity contribution >= 4 is 34.0 Å². The van der Waals surface area contributed by atoms with Crippen LogP contribution in [0.3, 0.4) is 0 Å². The van der Waals surface area contributed by atoms with Crippen LogP contribution in [-0.2, 0) is 9.59 Å². The van der Waals surface area contributed by atoms with E-state index in [2.05, 4.69) is 37.4 Å². The summed E-state index contributed by atoms with van der Waals surface area (Å²) < 4.78 is 0. The number of carbonyl (C=O) groups is 2. The summed E-state index contributed by atoms with van der Waals surface area (Å²) >= 11 is 0. The van der Waals surface area contributed by atoms with Gasteiger partial charge in [-0.05, 0) is 72.7 Å². The van der Waals surface area contributed by atoms with Crippen molar-refractivity contribution in [2.75, 3.05) is 10.3 Å². The van der Waals surface area contributed by atoms with E-state index in [4.69, 9.17) is 0 Å². The summed E-state index contributed by atoms with van der Waals surface area (Å²) in [7, 11) is 0. The number of carbonyl (C=O) groups excluding carboxylic acids is 2. The van der Waals surface area contributed by atoms with E-state index in [0.29, 0.717) is 6.42 Å². The number of hydrogen-bond acceptors (Lipinski definition) is 3. The second kappa shape index (κ2) is 10.3. The lowest BCUT2D eigenvalue weighted by Gasteiger charge is -2.54. The van der Waals surface area contributed by atoms with E-state index in [9.17, 15) is 9.59 Å². The third kappa shape index (κ3) is 4.65. The summed E-state index contributed by atoms with van der Waals surface area (Å²) in [5.74, 6) is -0.0184. The molecule has 1 saturated heterocycles. The number of fused-ring (bicyclic) bond motifs is 1. The molecule has 1 aliphatic rings. The molecule has 0 aliphatic carbocycles. The molecule has 2 amide bonds. The molecule has 0 aromatic heterocycles. The second-order valence-corrected chi connectivity index (χ2v) is 10.7. The van der Waals surface area contributed by atoms with Crippen LogP contribution in [0.1, 0.15) is 48.6 Å². The minimum Gasteiger partial charge on any atom is -0.324 e. The molecule has 5 nitrogen and oxygen atoms in total. The number of rotatable bonds is 7. The van der Waals surface area contributed by atoms with Crippen LogP contribution < -0.4 is 10.3 Å². The number of anilines is 2. The Morgan fingerprint density at radius 1 is 0.842 bits per heavy atom. The number of nitrogens with zero attached hydrogens (tertiary/aromatic N) is 2. The fourth-order valence-electron chi connectivity index (χ4n) is 5.42. The van der Waals surface area contributed by atoms with E-state index < -0.39 is 12.1 Å². The van der Waals surface area contributed by atoms with Crippen molar-refractivity contribution in [1.29, 1.82) is 0 Å². The van der Waals surface area contributed by atoms with Gasteiger partial charge in [0.1, 0.15) is 6.04 Å². The van der Waals surface area contributed by atoms with Gasteiger partial charge in [-0.1, -0.05) is 92.2 Å². The normalized spacial score (nSPS) is 16.1. The van der Waals surface area contributed by atoms with Crippen molar-refractivity contribution < 1.29 is 9.59 Å². The Kier molecular flexibility index (Phi) is 6.94. The molecule has 2 atom stereocenters. The van der Waals surface area contributed by atoms with E-state index in [1.165, 1.54) is 0 Å². The Labute approximate surface area is 225 Å². The third-order valence-electron chi connectivity index (χ3n) is 7.37. The largest absolute Gasteiger partial charge is 0.324 e. The smallest absolute Gasteiger partial charge is 0.271 e. The van der Waals surface area contributed by atoms with Gasteiger partial charge in [0.05, 0.1) is 5.69 Å². The lowest BCUT2D eigenvalue weighted by molar-refractivity contribution is -0.153. The van der Waals surface area contributed by atoms with Crippen molar-refractivity contribution in [3.63, 3.8) is 0 Å². The molecule has 1 fully saturated rings. The number of nitrogens with one attached hydrogen (secondary N) is 1. The molecule has 1 aliphatic heterocycles. The van der Waals surface area contributed by atoms with E-state index in [-0.39, 0.29) is 17.7 Å². The Balaban J connectivity index is 1.58. The van der Waals surface area contributed by atoms with Crippen molar-refractivity contribution in [2.45, 2.75) is 53.1 Å². The van der Waals surface area contributed by atoms with Crippen LogP contribution in [-0.4, -0.2) is 22.9 Å². The first kappa shape index (κ1) is 25.5. The summed E-state index contributed by atoms with van der Waals surface area (Å²) in [4.78, 5) is 28.0. The molecule has 4 aromatic rings. The van der Waals surface area contributed by atoms with Gasteiger partial charge in [0.25, 0.3) is 5.91 Å². The average molecular weight is 506 g/mol. The minimum atomic E-state index is -0.644. The molecule has 1 N–H and O–H groups in total. The fourth-order valence-corrected chi connectivity index (χ4v) is 5.42. The number of hydrogen-bond donors (Lipinski definition) is 1. The number of aryl methyl sites for hydroxylation is 3. The Morgan fingerprint density at radius 3 is 2.16 bits per heavy atom. The van der Waals surface area contributed by atoms with Gasteiger partial charge in [-0.15, -0.1) is 0 Å². The molecule has 2 unspecified atom stereocenters. The molecular weight excluding hydrogens is 470 g/mol. The summed E-state index contributed by atoms with van der Waals surface area (Å²) in [5, 5.41) is 8.99. The third-order valence-corrected chi connectivity index (χ3v) is 7.37. The van der Waals surface area contributed by atoms with E-state index in [0.717, 1.165) is 44.4 Å². The highest BCUT2D eigenvalue weighted by atomic mass is 16.2. The summed E-state index contributed by atoms with van der Waals surface area (Å²) in [6.45, 7) is 10.2. The van der Waals surface area contributed by atoms with Crippen LogP contribution in [0.2, 0.25) is 0 Å². The van der Waals surface area contributed by atoms with Gasteiger partial charge in [0, 0.05) is 5.69 Å². The van der Waals surface area contributed by atoms with Crippen LogP contribution >= 0.6 is 0 Å². The Morgan fingerprint density at radius 2 is 1.47 bits per heavy atom. The van der Waals surface area contributed by atoms with Crippen LogP contribution in [0, 0.1) is 26.7 Å². The van der Waals surface area contributed by atoms with E-state index in [1.807, 2.05) is 92.5 Å². The van der Waals surface area contributed by atoms with Crippen LogP contribution in [0.4, 0.5) is 11.4 Å². The maximum atomic E-state index is 14.1. The lowest BCUT2D eigenvalue weighted by atomic mass is 9.92. The SMILES string of the molecule is Cc1ccc(N2C(c3cccc4ccccc34)C(=O)N2C(CC(C)C)C(=O)Nc2c(C)cccc2C)cc1. The van der Waals surface area contributed by atoms with E-state index >= 15 is 0 Å². The van der Waals surface area contributed by atoms with Gasteiger partial charge < -0.3 is 5.32 Å². The highest BCUT2D eigenvalue weighted by molar-refractivity contribution is 6.04. The zero-order valence-electron chi connectivity index (χ0n) is 22.7.